The largest absolute Gasteiger partial charge is 0.322 e. The second kappa shape index (κ2) is 6.31. The Kier molecular flexibility index (Phi) is 4.33. The van der Waals surface area contributed by atoms with E-state index in [0.717, 1.165) is 0 Å². The van der Waals surface area contributed by atoms with E-state index in [2.05, 4.69) is 109 Å². The van der Waals surface area contributed by atoms with Gasteiger partial charge in [-0.15, -0.1) is 0 Å². The number of fused-ring (bicyclic) bond motifs is 3. The molecule has 0 amide bonds. The molecule has 0 heterocycles. The summed E-state index contributed by atoms with van der Waals surface area (Å²) in [7, 11) is 0. The molecule has 0 spiro atoms. The van der Waals surface area contributed by atoms with Crippen LogP contribution in [0.1, 0.15) is 70.7 Å². The minimum absolute atomic E-state index is 0.0344. The van der Waals surface area contributed by atoms with Crippen LogP contribution in [0, 0.1) is 0 Å². The van der Waals surface area contributed by atoms with Gasteiger partial charge in [-0.2, -0.15) is 0 Å². The summed E-state index contributed by atoms with van der Waals surface area (Å²) in [4.78, 5) is 0. The lowest BCUT2D eigenvalue weighted by Gasteiger charge is -2.25. The molecular formula is C28H33N. The van der Waals surface area contributed by atoms with Gasteiger partial charge in [0.15, 0.2) is 0 Å². The van der Waals surface area contributed by atoms with Crippen LogP contribution >= 0.6 is 0 Å². The van der Waals surface area contributed by atoms with Gasteiger partial charge in [-0.05, 0) is 69.8 Å². The zero-order chi connectivity index (χ0) is 21.2. The van der Waals surface area contributed by atoms with Crippen molar-refractivity contribution in [1.29, 1.82) is 0 Å². The quantitative estimate of drug-likeness (QED) is 0.499. The Labute approximate surface area is 176 Å². The standard InChI is InChI=1S/C28H33N/c1-26(2,3)20-11-8-18(9-12-20)19-10-14-22-23-15-13-21(28(6,7)29)17-25(23)27(4,5)24(22)16-19/h8-17H,29H2,1-7H3. The molecule has 0 aliphatic heterocycles. The molecule has 150 valence electrons. The van der Waals surface area contributed by atoms with Crippen LogP contribution in [0.4, 0.5) is 0 Å². The van der Waals surface area contributed by atoms with Crippen LogP contribution in [0.2, 0.25) is 0 Å². The van der Waals surface area contributed by atoms with Gasteiger partial charge in [0.2, 0.25) is 0 Å². The summed E-state index contributed by atoms with van der Waals surface area (Å²) >= 11 is 0. The van der Waals surface area contributed by atoms with E-state index < -0.39 is 0 Å². The molecule has 0 atom stereocenters. The fourth-order valence-corrected chi connectivity index (χ4v) is 4.48. The Morgan fingerprint density at radius 2 is 1.10 bits per heavy atom. The van der Waals surface area contributed by atoms with Gasteiger partial charge in [-0.25, -0.2) is 0 Å². The fraction of sp³-hybridized carbons (Fsp3) is 0.357. The van der Waals surface area contributed by atoms with Crippen molar-refractivity contribution < 1.29 is 0 Å². The van der Waals surface area contributed by atoms with E-state index in [-0.39, 0.29) is 16.4 Å². The Bertz CT molecular complexity index is 1070. The van der Waals surface area contributed by atoms with E-state index in [0.29, 0.717) is 0 Å². The van der Waals surface area contributed by atoms with Gasteiger partial charge in [0, 0.05) is 11.0 Å². The van der Waals surface area contributed by atoms with E-state index in [4.69, 9.17) is 5.73 Å². The van der Waals surface area contributed by atoms with Gasteiger partial charge in [0.05, 0.1) is 0 Å². The second-order valence-corrected chi connectivity index (χ2v) is 10.7. The topological polar surface area (TPSA) is 26.0 Å². The average molecular weight is 384 g/mol. The van der Waals surface area contributed by atoms with E-state index in [1.807, 2.05) is 0 Å². The highest BCUT2D eigenvalue weighted by molar-refractivity contribution is 5.84. The number of nitrogens with two attached hydrogens (primary N) is 1. The monoisotopic (exact) mass is 383 g/mol. The maximum absolute atomic E-state index is 6.39. The van der Waals surface area contributed by atoms with Gasteiger partial charge >= 0.3 is 0 Å². The minimum Gasteiger partial charge on any atom is -0.322 e. The third kappa shape index (κ3) is 3.32. The van der Waals surface area contributed by atoms with E-state index in [1.54, 1.807) is 0 Å². The van der Waals surface area contributed by atoms with Crippen LogP contribution in [0.15, 0.2) is 60.7 Å². The Balaban J connectivity index is 1.79. The molecule has 0 radical (unpaired) electrons. The highest BCUT2D eigenvalue weighted by atomic mass is 14.7. The first-order valence-corrected chi connectivity index (χ1v) is 10.6. The van der Waals surface area contributed by atoms with Gasteiger partial charge < -0.3 is 5.73 Å². The molecule has 0 saturated carbocycles. The molecule has 3 aromatic carbocycles. The molecule has 29 heavy (non-hydrogen) atoms. The maximum Gasteiger partial charge on any atom is 0.0352 e. The number of hydrogen-bond donors (Lipinski definition) is 1. The van der Waals surface area contributed by atoms with Crippen molar-refractivity contribution in [2.75, 3.05) is 0 Å². The summed E-state index contributed by atoms with van der Waals surface area (Å²) in [5, 5.41) is 0. The van der Waals surface area contributed by atoms with Crippen molar-refractivity contribution in [1.82, 2.24) is 0 Å². The number of hydrogen-bond acceptors (Lipinski definition) is 1. The molecule has 1 aliphatic carbocycles. The molecule has 1 heteroatoms. The van der Waals surface area contributed by atoms with E-state index in [9.17, 15) is 0 Å². The summed E-state index contributed by atoms with van der Waals surface area (Å²) in [5.41, 5.74) is 16.8. The molecule has 0 bridgehead atoms. The predicted octanol–water partition coefficient (Wildman–Crippen LogP) is 7.15. The summed E-state index contributed by atoms with van der Waals surface area (Å²) in [6.45, 7) is 15.6. The first-order chi connectivity index (χ1) is 13.4. The van der Waals surface area contributed by atoms with Crippen molar-refractivity contribution in [3.63, 3.8) is 0 Å². The fourth-order valence-electron chi connectivity index (χ4n) is 4.48. The van der Waals surface area contributed by atoms with Crippen LogP contribution in [0.3, 0.4) is 0 Å². The highest BCUT2D eigenvalue weighted by Crippen LogP contribution is 2.50. The molecular weight excluding hydrogens is 350 g/mol. The summed E-state index contributed by atoms with van der Waals surface area (Å²) < 4.78 is 0. The number of rotatable bonds is 2. The molecule has 0 aromatic heterocycles. The smallest absolute Gasteiger partial charge is 0.0352 e. The van der Waals surface area contributed by atoms with Crippen LogP contribution < -0.4 is 5.73 Å². The van der Waals surface area contributed by atoms with Crippen molar-refractivity contribution in [2.24, 2.45) is 5.73 Å². The zero-order valence-electron chi connectivity index (χ0n) is 18.9. The molecule has 0 saturated heterocycles. The lowest BCUT2D eigenvalue weighted by molar-refractivity contribution is 0.551. The second-order valence-electron chi connectivity index (χ2n) is 10.7. The Morgan fingerprint density at radius 3 is 1.66 bits per heavy atom. The normalized spacial score (nSPS) is 15.2. The summed E-state index contributed by atoms with van der Waals surface area (Å²) in [5.74, 6) is 0. The third-order valence-electron chi connectivity index (χ3n) is 6.50. The van der Waals surface area contributed by atoms with Crippen molar-refractivity contribution in [3.05, 3.63) is 82.9 Å². The molecule has 1 nitrogen and oxygen atoms in total. The molecule has 0 unspecified atom stereocenters. The summed E-state index contributed by atoms with van der Waals surface area (Å²) in [6, 6.07) is 22.7. The van der Waals surface area contributed by atoms with Crippen LogP contribution in [-0.4, -0.2) is 0 Å². The average Bonchev–Trinajstić information content (AvgIpc) is 2.87. The Morgan fingerprint density at radius 1 is 0.621 bits per heavy atom. The van der Waals surface area contributed by atoms with Crippen molar-refractivity contribution in [3.8, 4) is 22.3 Å². The zero-order valence-corrected chi connectivity index (χ0v) is 18.9. The minimum atomic E-state index is -0.333. The van der Waals surface area contributed by atoms with Crippen molar-refractivity contribution in [2.45, 2.75) is 64.8 Å². The first-order valence-electron chi connectivity index (χ1n) is 10.6. The first kappa shape index (κ1) is 19.9. The number of benzene rings is 3. The van der Waals surface area contributed by atoms with E-state index >= 15 is 0 Å². The molecule has 0 fully saturated rings. The van der Waals surface area contributed by atoms with Crippen molar-refractivity contribution >= 4 is 0 Å². The lowest BCUT2D eigenvalue weighted by Crippen LogP contribution is -2.29. The SMILES string of the molecule is CC(C)(C)c1ccc(-c2ccc3c(c2)C(C)(C)c2cc(C(C)(C)N)ccc2-3)cc1. The van der Waals surface area contributed by atoms with Crippen LogP contribution in [-0.2, 0) is 16.4 Å². The van der Waals surface area contributed by atoms with Gasteiger partial charge in [0.1, 0.15) is 0 Å². The van der Waals surface area contributed by atoms with Crippen LogP contribution in [0.25, 0.3) is 22.3 Å². The predicted molar refractivity (Wildman–Crippen MR) is 125 cm³/mol. The molecule has 3 aromatic rings. The lowest BCUT2D eigenvalue weighted by atomic mass is 9.80. The maximum atomic E-state index is 6.39. The third-order valence-corrected chi connectivity index (χ3v) is 6.50. The highest BCUT2D eigenvalue weighted by Gasteiger charge is 2.36. The molecule has 1 aliphatic rings. The Hall–Kier alpha value is -2.38. The van der Waals surface area contributed by atoms with Crippen LogP contribution in [0.5, 0.6) is 0 Å². The van der Waals surface area contributed by atoms with E-state index in [1.165, 1.54) is 44.5 Å². The van der Waals surface area contributed by atoms with Gasteiger partial charge in [0.25, 0.3) is 0 Å². The van der Waals surface area contributed by atoms with Gasteiger partial charge in [-0.3, -0.25) is 0 Å². The molecule has 4 rings (SSSR count). The molecule has 2 N–H and O–H groups in total. The summed E-state index contributed by atoms with van der Waals surface area (Å²) in [6.07, 6.45) is 0. The van der Waals surface area contributed by atoms with Gasteiger partial charge in [-0.1, -0.05) is 89.2 Å².